The van der Waals surface area contributed by atoms with Crippen LogP contribution in [0, 0.1) is 0 Å². The van der Waals surface area contributed by atoms with Crippen LogP contribution in [0.1, 0.15) is 31.3 Å². The number of thiazole rings is 1. The molecule has 2 aromatic carbocycles. The molecule has 30 heavy (non-hydrogen) atoms. The zero-order valence-electron chi connectivity index (χ0n) is 16.7. The lowest BCUT2D eigenvalue weighted by atomic mass is 10.1. The Hall–Kier alpha value is -3.39. The van der Waals surface area contributed by atoms with Gasteiger partial charge < -0.3 is 14.4 Å². The minimum absolute atomic E-state index is 0.000932. The van der Waals surface area contributed by atoms with Crippen LogP contribution in [-0.2, 0) is 13.0 Å². The molecule has 1 N–H and O–H groups in total. The summed E-state index contributed by atoms with van der Waals surface area (Å²) in [6.07, 6.45) is 0.651. The highest BCUT2D eigenvalue weighted by Crippen LogP contribution is 2.32. The Kier molecular flexibility index (Phi) is 5.67. The standard InChI is InChI=1S/C22H21N3O4S/c1-28-16-9-6-10-17(29-2)19(16)20(26)24-22-23-15-11-12-25(13-18(15)30-22)21(27)14-7-4-3-5-8-14/h3-10H,11-13H2,1-2H3,(H,23,24,26). The van der Waals surface area contributed by atoms with Crippen LogP contribution in [0.15, 0.2) is 48.5 Å². The molecule has 0 aliphatic carbocycles. The van der Waals surface area contributed by atoms with Gasteiger partial charge in [0, 0.05) is 23.4 Å². The fraction of sp³-hybridized carbons (Fsp3) is 0.227. The van der Waals surface area contributed by atoms with Crippen LogP contribution < -0.4 is 14.8 Å². The maximum atomic E-state index is 12.9. The lowest BCUT2D eigenvalue weighted by molar-refractivity contribution is 0.0736. The summed E-state index contributed by atoms with van der Waals surface area (Å²) < 4.78 is 10.6. The molecule has 1 aliphatic heterocycles. The van der Waals surface area contributed by atoms with E-state index in [2.05, 4.69) is 10.3 Å². The Bertz CT molecular complexity index is 1060. The third-order valence-electron chi connectivity index (χ3n) is 4.91. The summed E-state index contributed by atoms with van der Waals surface area (Å²) in [4.78, 5) is 33.0. The third-order valence-corrected chi connectivity index (χ3v) is 5.91. The molecule has 0 saturated heterocycles. The van der Waals surface area contributed by atoms with Gasteiger partial charge in [0.2, 0.25) is 0 Å². The van der Waals surface area contributed by atoms with Crippen LogP contribution in [0.25, 0.3) is 0 Å². The van der Waals surface area contributed by atoms with E-state index < -0.39 is 0 Å². The van der Waals surface area contributed by atoms with E-state index in [1.165, 1.54) is 25.6 Å². The molecular weight excluding hydrogens is 402 g/mol. The van der Waals surface area contributed by atoms with Gasteiger partial charge in [0.05, 0.1) is 26.5 Å². The summed E-state index contributed by atoms with van der Waals surface area (Å²) in [6, 6.07) is 14.4. The molecule has 1 aliphatic rings. The SMILES string of the molecule is COc1cccc(OC)c1C(=O)Nc1nc2c(s1)CN(C(=O)c1ccccc1)CC2. The number of carbonyl (C=O) groups is 2. The Morgan fingerprint density at radius 1 is 1.03 bits per heavy atom. The second-order valence-electron chi connectivity index (χ2n) is 6.72. The number of hydrogen-bond donors (Lipinski definition) is 1. The van der Waals surface area contributed by atoms with Crippen LogP contribution in [0.4, 0.5) is 5.13 Å². The van der Waals surface area contributed by atoms with Crippen molar-refractivity contribution in [2.45, 2.75) is 13.0 Å². The van der Waals surface area contributed by atoms with Crippen molar-refractivity contribution in [1.29, 1.82) is 0 Å². The Morgan fingerprint density at radius 2 is 1.73 bits per heavy atom. The van der Waals surface area contributed by atoms with E-state index in [1.54, 1.807) is 18.2 Å². The number of fused-ring (bicyclic) bond motifs is 1. The van der Waals surface area contributed by atoms with Gasteiger partial charge in [0.1, 0.15) is 17.1 Å². The molecule has 4 rings (SSSR count). The zero-order chi connectivity index (χ0) is 21.1. The van der Waals surface area contributed by atoms with E-state index in [0.29, 0.717) is 47.3 Å². The van der Waals surface area contributed by atoms with E-state index in [-0.39, 0.29) is 11.8 Å². The number of nitrogens with zero attached hydrogens (tertiary/aromatic N) is 2. The quantitative estimate of drug-likeness (QED) is 0.678. The lowest BCUT2D eigenvalue weighted by Gasteiger charge is -2.26. The van der Waals surface area contributed by atoms with Gasteiger partial charge in [-0.25, -0.2) is 4.98 Å². The van der Waals surface area contributed by atoms with Gasteiger partial charge in [-0.15, -0.1) is 0 Å². The monoisotopic (exact) mass is 423 g/mol. The van der Waals surface area contributed by atoms with E-state index in [1.807, 2.05) is 35.2 Å². The van der Waals surface area contributed by atoms with Crippen molar-refractivity contribution in [3.8, 4) is 11.5 Å². The van der Waals surface area contributed by atoms with Gasteiger partial charge in [-0.05, 0) is 24.3 Å². The first-order chi connectivity index (χ1) is 14.6. The van der Waals surface area contributed by atoms with Gasteiger partial charge in [0.25, 0.3) is 11.8 Å². The molecule has 0 unspecified atom stereocenters. The predicted molar refractivity (Wildman–Crippen MR) is 114 cm³/mol. The summed E-state index contributed by atoms with van der Waals surface area (Å²) in [5.74, 6) is 0.493. The largest absolute Gasteiger partial charge is 0.496 e. The second-order valence-corrected chi connectivity index (χ2v) is 7.81. The van der Waals surface area contributed by atoms with Gasteiger partial charge >= 0.3 is 0 Å². The maximum absolute atomic E-state index is 12.9. The number of benzene rings is 2. The highest BCUT2D eigenvalue weighted by atomic mass is 32.1. The van der Waals surface area contributed by atoms with Gasteiger partial charge in [-0.3, -0.25) is 14.9 Å². The molecule has 2 heterocycles. The van der Waals surface area contributed by atoms with Crippen molar-refractivity contribution >= 4 is 28.3 Å². The first-order valence-electron chi connectivity index (χ1n) is 9.46. The van der Waals surface area contributed by atoms with Gasteiger partial charge in [-0.1, -0.05) is 35.6 Å². The zero-order valence-corrected chi connectivity index (χ0v) is 17.5. The molecule has 1 aromatic heterocycles. The van der Waals surface area contributed by atoms with Gasteiger partial charge in [0.15, 0.2) is 5.13 Å². The minimum atomic E-state index is -0.354. The van der Waals surface area contributed by atoms with Crippen LogP contribution in [0.3, 0.4) is 0 Å². The molecule has 0 atom stereocenters. The number of rotatable bonds is 5. The number of anilines is 1. The minimum Gasteiger partial charge on any atom is -0.496 e. The van der Waals surface area contributed by atoms with Crippen LogP contribution in [0.2, 0.25) is 0 Å². The molecule has 0 spiro atoms. The van der Waals surface area contributed by atoms with Crippen molar-refractivity contribution in [3.63, 3.8) is 0 Å². The van der Waals surface area contributed by atoms with Crippen molar-refractivity contribution in [2.75, 3.05) is 26.1 Å². The second kappa shape index (κ2) is 8.54. The first kappa shape index (κ1) is 19.9. The lowest BCUT2D eigenvalue weighted by Crippen LogP contribution is -2.35. The van der Waals surface area contributed by atoms with Gasteiger partial charge in [-0.2, -0.15) is 0 Å². The van der Waals surface area contributed by atoms with Crippen molar-refractivity contribution in [1.82, 2.24) is 9.88 Å². The van der Waals surface area contributed by atoms with Crippen LogP contribution in [-0.4, -0.2) is 42.5 Å². The summed E-state index contributed by atoms with van der Waals surface area (Å²) in [5.41, 5.74) is 1.90. The molecule has 2 amide bonds. The van der Waals surface area contributed by atoms with E-state index in [4.69, 9.17) is 9.47 Å². The number of aromatic nitrogens is 1. The average molecular weight is 423 g/mol. The van der Waals surface area contributed by atoms with Crippen LogP contribution in [0.5, 0.6) is 11.5 Å². The van der Waals surface area contributed by atoms with Crippen molar-refractivity contribution < 1.29 is 19.1 Å². The molecule has 0 bridgehead atoms. The summed E-state index contributed by atoms with van der Waals surface area (Å²) >= 11 is 1.38. The van der Waals surface area contributed by atoms with Crippen LogP contribution >= 0.6 is 11.3 Å². The van der Waals surface area contributed by atoms with Crippen molar-refractivity contribution in [3.05, 3.63) is 70.2 Å². The first-order valence-corrected chi connectivity index (χ1v) is 10.3. The maximum Gasteiger partial charge on any atom is 0.265 e. The van der Waals surface area contributed by atoms with E-state index in [9.17, 15) is 9.59 Å². The summed E-state index contributed by atoms with van der Waals surface area (Å²) in [5, 5.41) is 3.34. The van der Waals surface area contributed by atoms with E-state index >= 15 is 0 Å². The Morgan fingerprint density at radius 3 is 2.40 bits per heavy atom. The molecule has 3 aromatic rings. The molecular formula is C22H21N3O4S. The number of hydrogen-bond acceptors (Lipinski definition) is 6. The number of methoxy groups -OCH3 is 2. The Labute approximate surface area is 178 Å². The number of nitrogens with one attached hydrogen (secondary N) is 1. The summed E-state index contributed by atoms with van der Waals surface area (Å²) in [6.45, 7) is 1.08. The average Bonchev–Trinajstić information content (AvgIpc) is 3.19. The number of amides is 2. The molecule has 154 valence electrons. The highest BCUT2D eigenvalue weighted by molar-refractivity contribution is 7.15. The molecule has 7 nitrogen and oxygen atoms in total. The fourth-order valence-electron chi connectivity index (χ4n) is 3.42. The Balaban J connectivity index is 1.51. The molecule has 0 radical (unpaired) electrons. The molecule has 0 fully saturated rings. The molecule has 0 saturated carbocycles. The normalized spacial score (nSPS) is 12.8. The van der Waals surface area contributed by atoms with E-state index in [0.717, 1.165) is 10.6 Å². The smallest absolute Gasteiger partial charge is 0.265 e. The summed E-state index contributed by atoms with van der Waals surface area (Å²) in [7, 11) is 3.01. The topological polar surface area (TPSA) is 80.8 Å². The fourth-order valence-corrected chi connectivity index (χ4v) is 4.44. The van der Waals surface area contributed by atoms with Crippen molar-refractivity contribution in [2.24, 2.45) is 0 Å². The predicted octanol–water partition coefficient (Wildman–Crippen LogP) is 3.61. The number of ether oxygens (including phenoxy) is 2. The highest BCUT2D eigenvalue weighted by Gasteiger charge is 2.26. The third kappa shape index (κ3) is 3.86. The number of carbonyl (C=O) groups excluding carboxylic acids is 2. The molecule has 8 heteroatoms.